The summed E-state index contributed by atoms with van der Waals surface area (Å²) in [5, 5.41) is 2.62. The molecule has 3 nitrogen and oxygen atoms in total. The Morgan fingerprint density at radius 1 is 1.17 bits per heavy atom. The van der Waals surface area contributed by atoms with Gasteiger partial charge < -0.3 is 14.8 Å². The largest absolute Gasteiger partial charge is 0.423 e. The Morgan fingerprint density at radius 2 is 1.72 bits per heavy atom. The summed E-state index contributed by atoms with van der Waals surface area (Å²) in [6, 6.07) is -0.592. The van der Waals surface area contributed by atoms with Crippen LogP contribution in [0, 0.1) is 0 Å². The van der Waals surface area contributed by atoms with E-state index in [1.807, 2.05) is 0 Å². The first-order chi connectivity index (χ1) is 8.16. The van der Waals surface area contributed by atoms with E-state index in [0.29, 0.717) is 6.42 Å². The predicted molar refractivity (Wildman–Crippen MR) is 49.1 cm³/mol. The van der Waals surface area contributed by atoms with Crippen LogP contribution in [0.15, 0.2) is 0 Å². The number of alkyl halides is 6. The number of ether oxygens (including phenoxy) is 2. The quantitative estimate of drug-likeness (QED) is 0.801. The molecule has 108 valence electrons. The van der Waals surface area contributed by atoms with Gasteiger partial charge in [-0.05, 0) is 13.5 Å². The lowest BCUT2D eigenvalue weighted by atomic mass is 10.1. The van der Waals surface area contributed by atoms with Crippen molar-refractivity contribution in [3.05, 3.63) is 0 Å². The van der Waals surface area contributed by atoms with E-state index in [2.05, 4.69) is 10.1 Å². The van der Waals surface area contributed by atoms with Crippen LogP contribution < -0.4 is 5.32 Å². The lowest BCUT2D eigenvalue weighted by molar-refractivity contribution is -0.336. The second-order valence-electron chi connectivity index (χ2n) is 3.90. The second-order valence-corrected chi connectivity index (χ2v) is 3.90. The maximum Gasteiger partial charge on any atom is 0.423 e. The van der Waals surface area contributed by atoms with Gasteiger partial charge in [-0.25, -0.2) is 0 Å². The molecule has 1 heterocycles. The molecule has 1 fully saturated rings. The molecule has 0 aromatic carbocycles. The molecule has 0 radical (unpaired) electrons. The maximum atomic E-state index is 12.3. The standard InChI is InChI=1S/C9H13F6NO2/c1-16-5-2-3-17-4-6(5)18-7(8(10,11)12)9(13,14)15/h5-7,16H,2-4H2,1H3. The summed E-state index contributed by atoms with van der Waals surface area (Å²) in [4.78, 5) is 0. The molecule has 1 aliphatic rings. The third-order valence-electron chi connectivity index (χ3n) is 2.58. The SMILES string of the molecule is CNC1CCOCC1OC(C(F)(F)F)C(F)(F)F. The molecule has 9 heteroatoms. The lowest BCUT2D eigenvalue weighted by Gasteiger charge is -2.35. The van der Waals surface area contributed by atoms with Crippen molar-refractivity contribution in [1.29, 1.82) is 0 Å². The third-order valence-corrected chi connectivity index (χ3v) is 2.58. The van der Waals surface area contributed by atoms with Crippen molar-refractivity contribution in [1.82, 2.24) is 5.32 Å². The molecule has 1 saturated heterocycles. The molecule has 0 bridgehead atoms. The van der Waals surface area contributed by atoms with Gasteiger partial charge in [-0.1, -0.05) is 0 Å². The third kappa shape index (κ3) is 3.99. The van der Waals surface area contributed by atoms with E-state index in [1.54, 1.807) is 0 Å². The van der Waals surface area contributed by atoms with E-state index in [1.165, 1.54) is 7.05 Å². The van der Waals surface area contributed by atoms with Crippen LogP contribution in [0.25, 0.3) is 0 Å². The van der Waals surface area contributed by atoms with Crippen molar-refractivity contribution in [3.8, 4) is 0 Å². The number of rotatable bonds is 3. The van der Waals surface area contributed by atoms with E-state index in [4.69, 9.17) is 4.74 Å². The van der Waals surface area contributed by atoms with E-state index in [-0.39, 0.29) is 13.2 Å². The number of nitrogens with one attached hydrogen (secondary N) is 1. The minimum absolute atomic E-state index is 0.272. The molecule has 0 spiro atoms. The predicted octanol–water partition coefficient (Wildman–Crippen LogP) is 1.87. The van der Waals surface area contributed by atoms with Gasteiger partial charge >= 0.3 is 12.4 Å². The zero-order valence-corrected chi connectivity index (χ0v) is 9.44. The normalized spacial score (nSPS) is 26.7. The number of hydrogen-bond acceptors (Lipinski definition) is 3. The Labute approximate surface area is 99.4 Å². The van der Waals surface area contributed by atoms with E-state index in [9.17, 15) is 26.3 Å². The highest BCUT2D eigenvalue weighted by Crippen LogP contribution is 2.37. The van der Waals surface area contributed by atoms with Crippen molar-refractivity contribution in [2.45, 2.75) is 37.0 Å². The van der Waals surface area contributed by atoms with Crippen LogP contribution in [-0.2, 0) is 9.47 Å². The molecule has 2 atom stereocenters. The lowest BCUT2D eigenvalue weighted by Crippen LogP contribution is -2.53. The van der Waals surface area contributed by atoms with Crippen LogP contribution in [0.2, 0.25) is 0 Å². The summed E-state index contributed by atoms with van der Waals surface area (Å²) in [5.74, 6) is 0. The topological polar surface area (TPSA) is 30.5 Å². The average molecular weight is 281 g/mol. The second kappa shape index (κ2) is 5.62. The molecule has 0 saturated carbocycles. The van der Waals surface area contributed by atoms with Crippen LogP contribution in [-0.4, -0.2) is 50.9 Å². The molecule has 0 aromatic heterocycles. The summed E-state index contributed by atoms with van der Waals surface area (Å²) >= 11 is 0. The van der Waals surface area contributed by atoms with Gasteiger partial charge in [-0.2, -0.15) is 26.3 Å². The van der Waals surface area contributed by atoms with Gasteiger partial charge in [0.1, 0.15) is 0 Å². The zero-order valence-electron chi connectivity index (χ0n) is 9.44. The van der Waals surface area contributed by atoms with Crippen molar-refractivity contribution in [2.75, 3.05) is 20.3 Å². The first-order valence-electron chi connectivity index (χ1n) is 5.20. The summed E-state index contributed by atoms with van der Waals surface area (Å²) in [6.07, 6.45) is -15.8. The van der Waals surface area contributed by atoms with Gasteiger partial charge in [-0.15, -0.1) is 0 Å². The summed E-state index contributed by atoms with van der Waals surface area (Å²) in [6.45, 7) is -0.0256. The Morgan fingerprint density at radius 3 is 2.17 bits per heavy atom. The minimum Gasteiger partial charge on any atom is -0.379 e. The minimum atomic E-state index is -5.49. The number of hydrogen-bond donors (Lipinski definition) is 1. The molecule has 0 aromatic rings. The molecule has 1 rings (SSSR count). The van der Waals surface area contributed by atoms with Crippen molar-refractivity contribution in [2.24, 2.45) is 0 Å². The summed E-state index contributed by atoms with van der Waals surface area (Å²) < 4.78 is 82.8. The van der Waals surface area contributed by atoms with Gasteiger partial charge in [-0.3, -0.25) is 0 Å². The highest BCUT2D eigenvalue weighted by Gasteiger charge is 2.59. The summed E-state index contributed by atoms with van der Waals surface area (Å²) in [5.41, 5.74) is 0. The van der Waals surface area contributed by atoms with E-state index >= 15 is 0 Å². The van der Waals surface area contributed by atoms with Gasteiger partial charge in [0, 0.05) is 12.6 Å². The van der Waals surface area contributed by atoms with Crippen LogP contribution in [0.4, 0.5) is 26.3 Å². The molecule has 1 aliphatic heterocycles. The molecular weight excluding hydrogens is 268 g/mol. The smallest absolute Gasteiger partial charge is 0.379 e. The van der Waals surface area contributed by atoms with Gasteiger partial charge in [0.2, 0.25) is 6.10 Å². The fraction of sp³-hybridized carbons (Fsp3) is 1.00. The van der Waals surface area contributed by atoms with Crippen LogP contribution in [0.1, 0.15) is 6.42 Å². The first-order valence-corrected chi connectivity index (χ1v) is 5.20. The molecule has 0 amide bonds. The van der Waals surface area contributed by atoms with Crippen molar-refractivity contribution in [3.63, 3.8) is 0 Å². The summed E-state index contributed by atoms with van der Waals surface area (Å²) in [7, 11) is 1.45. The highest BCUT2D eigenvalue weighted by atomic mass is 19.4. The Kier molecular flexibility index (Phi) is 4.84. The Hall–Kier alpha value is -0.540. The fourth-order valence-corrected chi connectivity index (χ4v) is 1.69. The highest BCUT2D eigenvalue weighted by molar-refractivity contribution is 4.84. The van der Waals surface area contributed by atoms with Crippen LogP contribution in [0.3, 0.4) is 0 Å². The Balaban J connectivity index is 2.76. The monoisotopic (exact) mass is 281 g/mol. The van der Waals surface area contributed by atoms with Gasteiger partial charge in [0.25, 0.3) is 0 Å². The van der Waals surface area contributed by atoms with E-state index in [0.717, 1.165) is 0 Å². The molecule has 18 heavy (non-hydrogen) atoms. The maximum absolute atomic E-state index is 12.3. The fourth-order valence-electron chi connectivity index (χ4n) is 1.69. The molecule has 1 N–H and O–H groups in total. The molecule has 0 aliphatic carbocycles. The van der Waals surface area contributed by atoms with Gasteiger partial charge in [0.15, 0.2) is 0 Å². The van der Waals surface area contributed by atoms with E-state index < -0.39 is 30.6 Å². The van der Waals surface area contributed by atoms with Gasteiger partial charge in [0.05, 0.1) is 12.7 Å². The Bertz CT molecular complexity index is 253. The van der Waals surface area contributed by atoms with Crippen molar-refractivity contribution >= 4 is 0 Å². The number of halogens is 6. The molecular formula is C9H13F6NO2. The van der Waals surface area contributed by atoms with Crippen LogP contribution >= 0.6 is 0 Å². The van der Waals surface area contributed by atoms with Crippen molar-refractivity contribution < 1.29 is 35.8 Å². The zero-order chi connectivity index (χ0) is 14.0. The molecule has 2 unspecified atom stereocenters. The van der Waals surface area contributed by atoms with Crippen LogP contribution in [0.5, 0.6) is 0 Å². The first kappa shape index (κ1) is 15.5. The average Bonchev–Trinajstić information content (AvgIpc) is 2.23. The number of likely N-dealkylation sites (N-methyl/N-ethyl adjacent to an activating group) is 1.